The zero-order chi connectivity index (χ0) is 34.6. The van der Waals surface area contributed by atoms with E-state index in [2.05, 4.69) is 25.1 Å². The number of aliphatic imine (C=N–C) groups is 1. The maximum atomic E-state index is 13.0. The molecule has 252 valence electrons. The number of nitrogens with one attached hydrogen (secondary N) is 1. The van der Waals surface area contributed by atoms with Crippen molar-refractivity contribution < 1.29 is 45.4 Å². The van der Waals surface area contributed by atoms with Crippen LogP contribution in [0.15, 0.2) is 72.0 Å². The number of benzene rings is 3. The number of amides is 3. The first-order valence-electron chi connectivity index (χ1n) is 14.2. The number of carbonyl (C=O) groups excluding carboxylic acids is 2. The summed E-state index contributed by atoms with van der Waals surface area (Å²) < 4.78 is 86.0. The van der Waals surface area contributed by atoms with Crippen molar-refractivity contribution in [2.75, 3.05) is 22.6 Å². The standard InChI is InChI=1S/C31H26F6N6O4S/c1-18-4-11-25(46-13-3-12-30(32,33)34)24(14-18)43-26(44)16-48-29(43)40-28(45)39-23-10-7-21(15-19(23)2)42-17-38-27(41-42)20-5-8-22(9-6-20)47-31(35,36)37/h4-11,14-15,17H,3,12-13,16H2,1-2H3,(H,39,45)/b40-29-. The van der Waals surface area contributed by atoms with Gasteiger partial charge in [-0.15, -0.1) is 18.3 Å². The molecular formula is C31H26F6N6O4S. The van der Waals surface area contributed by atoms with Crippen LogP contribution in [0.3, 0.4) is 0 Å². The highest BCUT2D eigenvalue weighted by molar-refractivity contribution is 8.15. The smallest absolute Gasteiger partial charge is 0.491 e. The van der Waals surface area contributed by atoms with E-state index in [1.165, 1.54) is 28.0 Å². The molecule has 5 rings (SSSR count). The number of nitrogens with zero attached hydrogens (tertiary/aromatic N) is 5. The fourth-order valence-corrected chi connectivity index (χ4v) is 5.41. The summed E-state index contributed by atoms with van der Waals surface area (Å²) >= 11 is 1.03. The van der Waals surface area contributed by atoms with Crippen LogP contribution in [0, 0.1) is 13.8 Å². The Balaban J connectivity index is 1.27. The fourth-order valence-electron chi connectivity index (χ4n) is 4.55. The van der Waals surface area contributed by atoms with Crippen molar-refractivity contribution in [2.45, 2.75) is 39.2 Å². The maximum Gasteiger partial charge on any atom is 0.573 e. The molecule has 1 saturated heterocycles. The third kappa shape index (κ3) is 8.84. The Morgan fingerprint density at radius 1 is 1.02 bits per heavy atom. The number of carbonyl (C=O) groups is 2. The first-order chi connectivity index (χ1) is 22.6. The number of hydrogen-bond acceptors (Lipinski definition) is 7. The molecule has 0 radical (unpaired) electrons. The largest absolute Gasteiger partial charge is 0.573 e. The van der Waals surface area contributed by atoms with Crippen LogP contribution in [0.4, 0.5) is 42.5 Å². The topological polar surface area (TPSA) is 111 Å². The minimum atomic E-state index is -4.81. The number of ether oxygens (including phenoxy) is 2. The molecule has 10 nitrogen and oxygen atoms in total. The number of urea groups is 1. The van der Waals surface area contributed by atoms with Crippen molar-refractivity contribution in [2.24, 2.45) is 4.99 Å². The lowest BCUT2D eigenvalue weighted by Crippen LogP contribution is -2.31. The van der Waals surface area contributed by atoms with Crippen LogP contribution in [-0.4, -0.2) is 56.8 Å². The van der Waals surface area contributed by atoms with E-state index in [-0.39, 0.29) is 52.9 Å². The molecule has 3 amide bonds. The highest BCUT2D eigenvalue weighted by atomic mass is 32.2. The quantitative estimate of drug-likeness (QED) is 0.141. The number of anilines is 2. The Kier molecular flexibility index (Phi) is 9.98. The summed E-state index contributed by atoms with van der Waals surface area (Å²) in [7, 11) is 0. The van der Waals surface area contributed by atoms with Crippen molar-refractivity contribution in [1.82, 2.24) is 14.8 Å². The molecule has 4 aromatic rings. The van der Waals surface area contributed by atoms with Crippen LogP contribution < -0.4 is 19.7 Å². The highest BCUT2D eigenvalue weighted by Crippen LogP contribution is 2.36. The molecule has 0 saturated carbocycles. The van der Waals surface area contributed by atoms with Crippen molar-refractivity contribution in [3.05, 3.63) is 78.1 Å². The number of alkyl halides is 6. The van der Waals surface area contributed by atoms with Gasteiger partial charge in [0.1, 0.15) is 17.8 Å². The lowest BCUT2D eigenvalue weighted by atomic mass is 10.2. The second-order valence-corrected chi connectivity index (χ2v) is 11.4. The molecule has 0 bridgehead atoms. The second kappa shape index (κ2) is 14.0. The molecule has 2 heterocycles. The molecule has 3 aromatic carbocycles. The van der Waals surface area contributed by atoms with Gasteiger partial charge in [0, 0.05) is 17.7 Å². The number of aromatic nitrogens is 3. The van der Waals surface area contributed by atoms with E-state index in [1.54, 1.807) is 50.2 Å². The van der Waals surface area contributed by atoms with Crippen molar-refractivity contribution in [3.8, 4) is 28.6 Å². The van der Waals surface area contributed by atoms with Crippen LogP contribution in [0.2, 0.25) is 0 Å². The Hall–Kier alpha value is -5.06. The Morgan fingerprint density at radius 3 is 2.46 bits per heavy atom. The predicted molar refractivity (Wildman–Crippen MR) is 167 cm³/mol. The van der Waals surface area contributed by atoms with Gasteiger partial charge in [0.25, 0.3) is 0 Å². The Labute approximate surface area is 273 Å². The Bertz CT molecular complexity index is 1840. The number of halogens is 6. The van der Waals surface area contributed by atoms with E-state index >= 15 is 0 Å². The highest BCUT2D eigenvalue weighted by Gasteiger charge is 2.33. The normalized spacial score (nSPS) is 14.5. The SMILES string of the molecule is Cc1ccc(OCCCC(F)(F)F)c(N2C(=O)CS/C2=N\C(=O)Nc2ccc(-n3cnc(-c4ccc(OC(F)(F)F)cc4)n3)cc2C)c1. The summed E-state index contributed by atoms with van der Waals surface area (Å²) in [6.07, 6.45) is -8.97. The molecule has 1 N–H and O–H groups in total. The van der Waals surface area contributed by atoms with E-state index < -0.39 is 25.0 Å². The third-order valence-corrected chi connectivity index (χ3v) is 7.66. The lowest BCUT2D eigenvalue weighted by molar-refractivity contribution is -0.274. The average molecular weight is 693 g/mol. The minimum absolute atomic E-state index is 0.00727. The number of amidine groups is 1. The zero-order valence-corrected chi connectivity index (χ0v) is 26.0. The van der Waals surface area contributed by atoms with Crippen molar-refractivity contribution in [3.63, 3.8) is 0 Å². The maximum absolute atomic E-state index is 13.0. The van der Waals surface area contributed by atoms with E-state index in [0.29, 0.717) is 22.5 Å². The van der Waals surface area contributed by atoms with Gasteiger partial charge in [0.2, 0.25) is 5.91 Å². The summed E-state index contributed by atoms with van der Waals surface area (Å²) in [5, 5.41) is 7.14. The van der Waals surface area contributed by atoms with Crippen molar-refractivity contribution in [1.29, 1.82) is 0 Å². The molecule has 48 heavy (non-hydrogen) atoms. The van der Waals surface area contributed by atoms with E-state index in [1.807, 2.05) is 0 Å². The number of hydrogen-bond donors (Lipinski definition) is 1. The first kappa shape index (κ1) is 34.3. The van der Waals surface area contributed by atoms with Gasteiger partial charge < -0.3 is 14.8 Å². The van der Waals surface area contributed by atoms with Gasteiger partial charge in [-0.1, -0.05) is 17.8 Å². The van der Waals surface area contributed by atoms with Gasteiger partial charge >= 0.3 is 18.6 Å². The number of aryl methyl sites for hydroxylation is 2. The number of rotatable bonds is 9. The molecule has 0 spiro atoms. The van der Waals surface area contributed by atoms with Crippen molar-refractivity contribution >= 4 is 40.2 Å². The summed E-state index contributed by atoms with van der Waals surface area (Å²) in [6, 6.07) is 14.2. The molecule has 0 atom stereocenters. The van der Waals surface area contributed by atoms with Crippen LogP contribution >= 0.6 is 11.8 Å². The molecule has 1 aliphatic rings. The molecule has 0 unspecified atom stereocenters. The van der Waals surface area contributed by atoms with E-state index in [9.17, 15) is 35.9 Å². The van der Waals surface area contributed by atoms with Gasteiger partial charge in [-0.3, -0.25) is 9.69 Å². The van der Waals surface area contributed by atoms with Gasteiger partial charge in [-0.2, -0.15) is 18.2 Å². The van der Waals surface area contributed by atoms with Crippen LogP contribution in [0.5, 0.6) is 11.5 Å². The number of thioether (sulfide) groups is 1. The van der Waals surface area contributed by atoms with E-state index in [0.717, 1.165) is 29.5 Å². The Morgan fingerprint density at radius 2 is 1.77 bits per heavy atom. The summed E-state index contributed by atoms with van der Waals surface area (Å²) in [6.45, 7) is 3.28. The van der Waals surface area contributed by atoms with Gasteiger partial charge in [-0.25, -0.2) is 14.5 Å². The molecule has 1 aromatic heterocycles. The second-order valence-electron chi connectivity index (χ2n) is 10.5. The van der Waals surface area contributed by atoms with Gasteiger partial charge in [-0.05, 0) is 86.0 Å². The molecule has 1 aliphatic heterocycles. The average Bonchev–Trinajstić information content (AvgIpc) is 3.63. The van der Waals surface area contributed by atoms with E-state index in [4.69, 9.17) is 4.74 Å². The first-order valence-corrected chi connectivity index (χ1v) is 15.2. The minimum Gasteiger partial charge on any atom is -0.491 e. The summed E-state index contributed by atoms with van der Waals surface area (Å²) in [4.78, 5) is 35.4. The third-order valence-electron chi connectivity index (χ3n) is 6.73. The van der Waals surface area contributed by atoms with Gasteiger partial charge in [0.05, 0.1) is 23.7 Å². The molecule has 1 fully saturated rings. The van der Waals surface area contributed by atoms with Gasteiger partial charge in [0.15, 0.2) is 11.0 Å². The van der Waals surface area contributed by atoms with Crippen LogP contribution in [0.25, 0.3) is 17.1 Å². The molecule has 0 aliphatic carbocycles. The predicted octanol–water partition coefficient (Wildman–Crippen LogP) is 7.84. The molecule has 17 heteroatoms. The lowest BCUT2D eigenvalue weighted by Gasteiger charge is -2.20. The molecular weight excluding hydrogens is 666 g/mol. The van der Waals surface area contributed by atoms with Crippen LogP contribution in [0.1, 0.15) is 24.0 Å². The monoisotopic (exact) mass is 692 g/mol. The summed E-state index contributed by atoms with van der Waals surface area (Å²) in [5.74, 6) is -0.317. The fraction of sp³-hybridized carbons (Fsp3) is 0.258. The summed E-state index contributed by atoms with van der Waals surface area (Å²) in [5.41, 5.74) is 3.11. The zero-order valence-electron chi connectivity index (χ0n) is 25.2. The van der Waals surface area contributed by atoms with Crippen LogP contribution in [-0.2, 0) is 4.79 Å².